The fourth-order valence-corrected chi connectivity index (χ4v) is 13.9. The molecule has 0 atom stereocenters. The van der Waals surface area contributed by atoms with Gasteiger partial charge in [0.2, 0.25) is 0 Å². The Balaban J connectivity index is 0.641. The minimum Gasteiger partial charge on any atom is -0.456 e. The van der Waals surface area contributed by atoms with Gasteiger partial charge in [0.25, 0.3) is 0 Å². The Morgan fingerprint density at radius 1 is 0.156 bits per heavy atom. The van der Waals surface area contributed by atoms with Crippen molar-refractivity contribution in [3.8, 4) is 55.6 Å². The predicted molar refractivity (Wildman–Crippen MR) is 400 cm³/mol. The standard InChI is InChI=1S/C90H59N3O3/c1-3-15-68(16-4-1)91(75-54-39-65(40-55-75)77-22-13-24-83-80-20-8-11-27-86(80)95-89(77)83)70-44-29-60(30-45-70)62-33-48-72(49-34-62)93(74-52-37-64(38-53-74)67-43-58-82-79-19-7-10-26-85(79)94-88(82)59-67)73-50-35-63(36-51-73)61-31-46-71(47-32-61)92(69-17-5-2-6-18-69)76-56-41-66(42-57-76)78-23-14-25-84-81-21-9-12-28-87(81)96-90(78)84/h1-59H. The maximum Gasteiger partial charge on any atom is 0.143 e. The van der Waals surface area contributed by atoms with E-state index in [1.165, 1.54) is 0 Å². The molecule has 452 valence electrons. The third-order valence-electron chi connectivity index (χ3n) is 18.7. The molecular weight excluding hydrogens is 1170 g/mol. The molecule has 0 unspecified atom stereocenters. The topological polar surface area (TPSA) is 49.1 Å². The molecule has 0 fully saturated rings. The van der Waals surface area contributed by atoms with Crippen molar-refractivity contribution in [3.63, 3.8) is 0 Å². The van der Waals surface area contributed by atoms with Crippen LogP contribution in [0.1, 0.15) is 0 Å². The summed E-state index contributed by atoms with van der Waals surface area (Å²) in [5, 5.41) is 6.74. The van der Waals surface area contributed by atoms with E-state index in [4.69, 9.17) is 13.3 Å². The Kier molecular flexibility index (Phi) is 13.8. The van der Waals surface area contributed by atoms with Gasteiger partial charge < -0.3 is 28.0 Å². The van der Waals surface area contributed by atoms with E-state index in [0.717, 1.165) is 173 Å². The van der Waals surface area contributed by atoms with Crippen LogP contribution in [0.4, 0.5) is 51.2 Å². The number of para-hydroxylation sites is 7. The Labute approximate surface area is 555 Å². The maximum absolute atomic E-state index is 6.44. The molecule has 6 heteroatoms. The number of fused-ring (bicyclic) bond motifs is 9. The van der Waals surface area contributed by atoms with Gasteiger partial charge in [-0.1, -0.05) is 218 Å². The first-order valence-electron chi connectivity index (χ1n) is 32.5. The lowest BCUT2D eigenvalue weighted by Crippen LogP contribution is -2.10. The molecule has 0 aliphatic rings. The first-order valence-corrected chi connectivity index (χ1v) is 32.5. The van der Waals surface area contributed by atoms with Crippen LogP contribution in [-0.4, -0.2) is 0 Å². The summed E-state index contributed by atoms with van der Waals surface area (Å²) < 4.78 is 19.2. The summed E-state index contributed by atoms with van der Waals surface area (Å²) in [4.78, 5) is 6.96. The number of rotatable bonds is 14. The summed E-state index contributed by atoms with van der Waals surface area (Å²) in [5.74, 6) is 0. The number of furan rings is 3. The molecule has 0 amide bonds. The van der Waals surface area contributed by atoms with E-state index in [2.05, 4.69) is 336 Å². The SMILES string of the molecule is c1ccc(N(c2ccc(-c3ccc(N(c4ccc(-c5ccc(N(c6ccccc6)c6ccc(-c7cccc8c7oc7ccccc78)cc6)cc5)cc4)c4ccc(-c5ccc6c(c5)oc5ccccc56)cc4)cc3)cc2)c2ccc(-c3cccc4c3oc3ccccc34)cc2)cc1. The molecule has 0 N–H and O–H groups in total. The molecule has 6 nitrogen and oxygen atoms in total. The highest BCUT2D eigenvalue weighted by Crippen LogP contribution is 2.44. The minimum absolute atomic E-state index is 0.880. The van der Waals surface area contributed by atoms with E-state index in [9.17, 15) is 0 Å². The summed E-state index contributed by atoms with van der Waals surface area (Å²) in [6.07, 6.45) is 0. The number of hydrogen-bond acceptors (Lipinski definition) is 6. The molecule has 3 heterocycles. The molecule has 96 heavy (non-hydrogen) atoms. The van der Waals surface area contributed by atoms with Crippen LogP contribution in [0.5, 0.6) is 0 Å². The monoisotopic (exact) mass is 1230 g/mol. The van der Waals surface area contributed by atoms with Gasteiger partial charge in [-0.05, 0) is 184 Å². The van der Waals surface area contributed by atoms with Gasteiger partial charge in [-0.15, -0.1) is 0 Å². The van der Waals surface area contributed by atoms with Gasteiger partial charge in [0, 0.05) is 94.6 Å². The normalized spacial score (nSPS) is 11.5. The molecule has 0 spiro atoms. The zero-order valence-electron chi connectivity index (χ0n) is 52.1. The van der Waals surface area contributed by atoms with Gasteiger partial charge in [-0.25, -0.2) is 0 Å². The first kappa shape index (κ1) is 55.9. The van der Waals surface area contributed by atoms with E-state index >= 15 is 0 Å². The van der Waals surface area contributed by atoms with Crippen molar-refractivity contribution in [2.24, 2.45) is 0 Å². The van der Waals surface area contributed by atoms with Crippen LogP contribution in [0.15, 0.2) is 371 Å². The number of hydrogen-bond donors (Lipinski definition) is 0. The van der Waals surface area contributed by atoms with Gasteiger partial charge in [-0.2, -0.15) is 0 Å². The van der Waals surface area contributed by atoms with Crippen molar-refractivity contribution < 1.29 is 13.3 Å². The lowest BCUT2D eigenvalue weighted by atomic mass is 10.0. The second-order valence-electron chi connectivity index (χ2n) is 24.4. The number of anilines is 9. The molecule has 0 aliphatic heterocycles. The summed E-state index contributed by atoms with van der Waals surface area (Å²) in [7, 11) is 0. The van der Waals surface area contributed by atoms with E-state index in [-0.39, 0.29) is 0 Å². The summed E-state index contributed by atoms with van der Waals surface area (Å²) in [6, 6.07) is 127. The quantitative estimate of drug-likeness (QED) is 0.108. The van der Waals surface area contributed by atoms with Crippen molar-refractivity contribution in [1.82, 2.24) is 0 Å². The van der Waals surface area contributed by atoms with Crippen molar-refractivity contribution in [2.75, 3.05) is 14.7 Å². The van der Waals surface area contributed by atoms with Crippen LogP contribution in [0.3, 0.4) is 0 Å². The van der Waals surface area contributed by atoms with Gasteiger partial charge in [-0.3, -0.25) is 0 Å². The van der Waals surface area contributed by atoms with Crippen LogP contribution in [-0.2, 0) is 0 Å². The van der Waals surface area contributed by atoms with Gasteiger partial charge in [0.05, 0.1) is 0 Å². The highest BCUT2D eigenvalue weighted by Gasteiger charge is 2.20. The molecule has 0 radical (unpaired) electrons. The van der Waals surface area contributed by atoms with E-state index in [1.807, 2.05) is 36.4 Å². The smallest absolute Gasteiger partial charge is 0.143 e. The maximum atomic E-state index is 6.44. The predicted octanol–water partition coefficient (Wildman–Crippen LogP) is 26.1. The zero-order chi connectivity index (χ0) is 63.5. The third kappa shape index (κ3) is 10.1. The largest absolute Gasteiger partial charge is 0.456 e. The Morgan fingerprint density at radius 3 is 0.760 bits per heavy atom. The van der Waals surface area contributed by atoms with E-state index in [0.29, 0.717) is 0 Å². The van der Waals surface area contributed by atoms with Crippen LogP contribution >= 0.6 is 0 Å². The molecule has 3 aromatic heterocycles. The summed E-state index contributed by atoms with van der Waals surface area (Å²) in [6.45, 7) is 0. The van der Waals surface area contributed by atoms with Crippen LogP contribution < -0.4 is 14.7 Å². The fourth-order valence-electron chi connectivity index (χ4n) is 13.9. The van der Waals surface area contributed by atoms with E-state index in [1.54, 1.807) is 0 Å². The fraction of sp³-hybridized carbons (Fsp3) is 0. The van der Waals surface area contributed by atoms with E-state index < -0.39 is 0 Å². The lowest BCUT2D eigenvalue weighted by Gasteiger charge is -2.27. The van der Waals surface area contributed by atoms with Gasteiger partial charge >= 0.3 is 0 Å². The second kappa shape index (κ2) is 23.7. The average molecular weight is 1230 g/mol. The Hall–Kier alpha value is -12.9. The average Bonchev–Trinajstić information content (AvgIpc) is 1.79. The highest BCUT2D eigenvalue weighted by atomic mass is 16.3. The third-order valence-corrected chi connectivity index (χ3v) is 18.7. The second-order valence-corrected chi connectivity index (χ2v) is 24.4. The molecule has 0 aliphatic carbocycles. The molecule has 0 bridgehead atoms. The van der Waals surface area contributed by atoms with Crippen molar-refractivity contribution >= 4 is 117 Å². The van der Waals surface area contributed by atoms with Crippen molar-refractivity contribution in [2.45, 2.75) is 0 Å². The van der Waals surface area contributed by atoms with Crippen LogP contribution in [0.2, 0.25) is 0 Å². The van der Waals surface area contributed by atoms with Crippen LogP contribution in [0.25, 0.3) is 121 Å². The zero-order valence-corrected chi connectivity index (χ0v) is 52.1. The summed E-state index contributed by atoms with van der Waals surface area (Å²) >= 11 is 0. The summed E-state index contributed by atoms with van der Waals surface area (Å²) in [5.41, 5.74) is 25.9. The first-order chi connectivity index (χ1) is 47.6. The Morgan fingerprint density at radius 2 is 0.406 bits per heavy atom. The lowest BCUT2D eigenvalue weighted by molar-refractivity contribution is 0.669. The molecule has 18 aromatic rings. The number of benzene rings is 15. The Bertz CT molecular complexity index is 5550. The van der Waals surface area contributed by atoms with Crippen molar-refractivity contribution in [1.29, 1.82) is 0 Å². The van der Waals surface area contributed by atoms with Crippen LogP contribution in [0, 0.1) is 0 Å². The van der Waals surface area contributed by atoms with Gasteiger partial charge in [0.1, 0.15) is 33.5 Å². The molecule has 18 rings (SSSR count). The van der Waals surface area contributed by atoms with Crippen molar-refractivity contribution in [3.05, 3.63) is 358 Å². The molecular formula is C90H59N3O3. The number of nitrogens with zero attached hydrogens (tertiary/aromatic N) is 3. The molecule has 0 saturated carbocycles. The molecule has 15 aromatic carbocycles. The van der Waals surface area contributed by atoms with Gasteiger partial charge in [0.15, 0.2) is 0 Å². The molecule has 0 saturated heterocycles. The minimum atomic E-state index is 0.880. The highest BCUT2D eigenvalue weighted by molar-refractivity contribution is 6.11.